The molecule has 0 spiro atoms. The predicted molar refractivity (Wildman–Crippen MR) is 155 cm³/mol. The van der Waals surface area contributed by atoms with Crippen LogP contribution in [-0.2, 0) is 48.5 Å². The Balaban J connectivity index is -0.0000000130. The van der Waals surface area contributed by atoms with Gasteiger partial charge in [0.05, 0.1) is 25.5 Å². The van der Waals surface area contributed by atoms with Gasteiger partial charge in [-0.05, 0) is 5.83 Å². The first-order chi connectivity index (χ1) is 13.2. The fourth-order valence-electron chi connectivity index (χ4n) is 0.371. The zero-order valence-corrected chi connectivity index (χ0v) is 30.2. The summed E-state index contributed by atoms with van der Waals surface area (Å²) < 4.78 is 61.9. The van der Waals surface area contributed by atoms with Crippen molar-refractivity contribution in [3.8, 4) is 0 Å². The molecule has 0 bridgehead atoms. The van der Waals surface area contributed by atoms with Gasteiger partial charge in [0.1, 0.15) is 9.84 Å². The number of esters is 1. The van der Waals surface area contributed by atoms with Crippen LogP contribution in [-0.4, -0.2) is 99.4 Å². The van der Waals surface area contributed by atoms with E-state index in [9.17, 15) is 21.6 Å². The Kier molecular flexibility index (Phi) is 218. The summed E-state index contributed by atoms with van der Waals surface area (Å²) in [6, 6.07) is 0. The van der Waals surface area contributed by atoms with E-state index >= 15 is 0 Å². The number of carbonyl (C=O) groups is 1. The minimum Gasteiger partial charge on any atom is -0.870 e. The summed E-state index contributed by atoms with van der Waals surface area (Å²) >= 11 is 2.94. The molecule has 0 atom stereocenters. The van der Waals surface area contributed by atoms with Crippen molar-refractivity contribution in [2.45, 2.75) is 61.8 Å². The number of sulfone groups is 1. The van der Waals surface area contributed by atoms with Crippen LogP contribution in [0, 0.1) is 0 Å². The zero-order chi connectivity index (χ0) is 26.3. The van der Waals surface area contributed by atoms with Crippen LogP contribution in [0.4, 0.5) is 0 Å². The Bertz CT molecular complexity index is 542. The molecule has 19 heteroatoms. The minimum absolute atomic E-state index is 0. The monoisotopic (exact) mass is 638 g/mol. The number of methoxy groups -OCH3 is 1. The molecular formula is C16H46B4BrNNaO9S3-. The maximum absolute atomic E-state index is 10.4. The molecule has 12 radical (unpaired) electrons. The molecule has 0 aromatic rings. The van der Waals surface area contributed by atoms with Crippen LogP contribution in [0.25, 0.3) is 0 Å². The number of ether oxygens (including phenoxy) is 1. The molecule has 0 amide bonds. The fraction of sp³-hybridized carbons (Fsp3) is 0.938. The second kappa shape index (κ2) is 83.6. The Hall–Kier alpha value is 0.980. The van der Waals surface area contributed by atoms with Gasteiger partial charge in [0.25, 0.3) is 0 Å². The van der Waals surface area contributed by atoms with Crippen molar-refractivity contribution in [3.05, 3.63) is 0 Å². The van der Waals surface area contributed by atoms with Crippen molar-refractivity contribution < 1.29 is 69.8 Å². The number of nitrogens with two attached hydrogens (primary N) is 1. The minimum atomic E-state index is -3.17. The first-order valence-corrected chi connectivity index (χ1v) is 15.9. The fourth-order valence-corrected chi connectivity index (χ4v) is 0.908. The van der Waals surface area contributed by atoms with E-state index in [4.69, 9.17) is 8.42 Å². The molecule has 35 heavy (non-hydrogen) atoms. The maximum atomic E-state index is 10.4. The summed E-state index contributed by atoms with van der Waals surface area (Å²) in [5.74, 6) is 1.18. The van der Waals surface area contributed by atoms with Crippen molar-refractivity contribution >= 4 is 86.1 Å². The quantitative estimate of drug-likeness (QED) is 0.172. The van der Waals surface area contributed by atoms with Crippen molar-refractivity contribution in [2.75, 3.05) is 37.5 Å². The summed E-state index contributed by atoms with van der Waals surface area (Å²) in [6.45, 7) is 16.0. The zero-order valence-electron chi connectivity index (χ0n) is 24.1. The molecule has 0 aliphatic heterocycles. The van der Waals surface area contributed by atoms with Crippen molar-refractivity contribution in [3.63, 3.8) is 0 Å². The third kappa shape index (κ3) is 472. The molecule has 0 heterocycles. The van der Waals surface area contributed by atoms with Crippen LogP contribution >= 0.6 is 15.9 Å². The van der Waals surface area contributed by atoms with Crippen molar-refractivity contribution in [1.82, 2.24) is 0 Å². The van der Waals surface area contributed by atoms with Gasteiger partial charge in [-0.15, -0.1) is 0 Å². The van der Waals surface area contributed by atoms with Crippen LogP contribution in [0.3, 0.4) is 0 Å². The van der Waals surface area contributed by atoms with Crippen molar-refractivity contribution in [2.24, 2.45) is 5.14 Å². The Labute approximate surface area is 258 Å². The largest absolute Gasteiger partial charge is 1.00 e. The van der Waals surface area contributed by atoms with E-state index in [2.05, 4.69) is 25.8 Å². The Morgan fingerprint density at radius 1 is 0.800 bits per heavy atom. The normalized spacial score (nSPS) is 6.63. The molecule has 0 aliphatic rings. The number of primary sulfonamides is 1. The molecule has 0 fully saturated rings. The van der Waals surface area contributed by atoms with Gasteiger partial charge in [-0.1, -0.05) is 88.3 Å². The summed E-state index contributed by atoms with van der Waals surface area (Å²) in [4.78, 5) is 10.4. The third-order valence-corrected chi connectivity index (χ3v) is 1.85. The summed E-state index contributed by atoms with van der Waals surface area (Å²) in [5, 5.41) is 4.33. The van der Waals surface area contributed by atoms with E-state index in [1.807, 2.05) is 61.2 Å². The molecule has 3 N–H and O–H groups in total. The average Bonchev–Trinajstić information content (AvgIpc) is 2.65. The molecule has 0 saturated heterocycles. The molecule has 10 nitrogen and oxygen atoms in total. The molecule has 0 aromatic heterocycles. The standard InChI is InChI=1S/C5H10O4S.4C2H6.CH3Br.CH5NO2S.CH3O2S.4B.Na.H2O/c1-9-5(6)3-4-10(2,7)8;5*1-2;1-5(2,3)4;1-4(2)3;;;;;;/h3-4H2,1-2H3;4*1-2H3;1H3;1H3,(H2,2,3,4);1H3;;;;;;1H2/q;;;;;;;-1;;;;;+1;/p-1. The van der Waals surface area contributed by atoms with E-state index in [0.717, 1.165) is 18.8 Å². The van der Waals surface area contributed by atoms with Gasteiger partial charge in [0.2, 0.25) is 10.0 Å². The molecule has 0 saturated carbocycles. The van der Waals surface area contributed by atoms with Crippen LogP contribution < -0.4 is 34.7 Å². The second-order valence-corrected chi connectivity index (χ2v) is 7.91. The predicted octanol–water partition coefficient (Wildman–Crippen LogP) is -1.16. The summed E-state index contributed by atoms with van der Waals surface area (Å²) in [7, 11) is -6.83. The molecule has 0 unspecified atom stereocenters. The number of carbonyl (C=O) groups excluding carboxylic acids is 1. The Morgan fingerprint density at radius 3 is 1.03 bits per heavy atom. The van der Waals surface area contributed by atoms with Gasteiger partial charge in [-0.3, -0.25) is 4.79 Å². The number of halogens is 1. The van der Waals surface area contributed by atoms with E-state index < -0.39 is 36.5 Å². The van der Waals surface area contributed by atoms with E-state index in [-0.39, 0.29) is 80.9 Å². The number of sulfonamides is 1. The second-order valence-electron chi connectivity index (χ2n) is 3.19. The number of hydrogen-bond acceptors (Lipinski definition) is 10. The molecule has 0 rings (SSSR count). The number of alkyl halides is 1. The maximum Gasteiger partial charge on any atom is 1.00 e. The van der Waals surface area contributed by atoms with E-state index in [1.165, 1.54) is 7.11 Å². The van der Waals surface area contributed by atoms with Crippen LogP contribution in [0.5, 0.6) is 0 Å². The van der Waals surface area contributed by atoms with Crippen LogP contribution in [0.2, 0.25) is 0 Å². The van der Waals surface area contributed by atoms with Gasteiger partial charge in [0.15, 0.2) is 0 Å². The van der Waals surface area contributed by atoms with Gasteiger partial charge in [-0.2, -0.15) is 0 Å². The molecule has 208 valence electrons. The number of hydrogen-bond donors (Lipinski definition) is 1. The van der Waals surface area contributed by atoms with Crippen LogP contribution in [0.1, 0.15) is 61.8 Å². The topological polar surface area (TPSA) is 185 Å². The summed E-state index contributed by atoms with van der Waals surface area (Å²) in [6.07, 6.45) is 3.04. The van der Waals surface area contributed by atoms with Gasteiger partial charge >= 0.3 is 35.5 Å². The molecular weight excluding hydrogens is 593 g/mol. The van der Waals surface area contributed by atoms with E-state index in [1.54, 1.807) is 0 Å². The summed E-state index contributed by atoms with van der Waals surface area (Å²) in [5.41, 5.74) is 0. The average molecular weight is 639 g/mol. The number of rotatable bonds is 3. The van der Waals surface area contributed by atoms with Gasteiger partial charge in [0, 0.05) is 39.9 Å². The first kappa shape index (κ1) is 91.1. The van der Waals surface area contributed by atoms with Crippen molar-refractivity contribution in [1.29, 1.82) is 0 Å². The molecule has 0 aliphatic carbocycles. The third-order valence-electron chi connectivity index (χ3n) is 0.905. The first-order valence-electron chi connectivity index (χ1n) is 8.80. The van der Waals surface area contributed by atoms with Crippen LogP contribution in [0.15, 0.2) is 0 Å². The van der Waals surface area contributed by atoms with E-state index in [0.29, 0.717) is 0 Å². The molecule has 0 aromatic carbocycles. The SMILES string of the molecule is CBr.CC.CC.CC.CC.COC(=O)CCS(C)(=O)=O.CS(N)(=O)=O.C[S-](=O)=O.[B].[B].[B].[B].[Na+].[OH-]. The van der Waals surface area contributed by atoms with Gasteiger partial charge in [-0.25, -0.2) is 22.0 Å². The Morgan fingerprint density at radius 2 is 0.943 bits per heavy atom. The smallest absolute Gasteiger partial charge is 0.870 e. The van der Waals surface area contributed by atoms with Gasteiger partial charge < -0.3 is 18.6 Å².